The van der Waals surface area contributed by atoms with Gasteiger partial charge in [-0.3, -0.25) is 9.78 Å². The third-order valence-electron chi connectivity index (χ3n) is 6.08. The molecule has 1 aliphatic heterocycles. The zero-order valence-corrected chi connectivity index (χ0v) is 16.1. The van der Waals surface area contributed by atoms with Crippen molar-refractivity contribution in [3.05, 3.63) is 42.2 Å². The number of hydrogen-bond donors (Lipinski definition) is 0. The monoisotopic (exact) mass is 364 g/mol. The number of likely N-dealkylation sites (tertiary alicyclic amines) is 1. The first-order chi connectivity index (χ1) is 13.2. The van der Waals surface area contributed by atoms with Crippen molar-refractivity contribution in [3.8, 4) is 11.1 Å². The summed E-state index contributed by atoms with van der Waals surface area (Å²) in [5.41, 5.74) is 3.33. The molecular weight excluding hydrogens is 336 g/mol. The average Bonchev–Trinajstić information content (AvgIpc) is 2.74. The van der Waals surface area contributed by atoms with Crippen LogP contribution in [0.15, 0.2) is 30.7 Å². The number of carbonyl (C=O) groups excluding carboxylic acids is 1. The van der Waals surface area contributed by atoms with Crippen LogP contribution in [0.2, 0.25) is 0 Å². The molecule has 27 heavy (non-hydrogen) atoms. The molecule has 0 aromatic carbocycles. The van der Waals surface area contributed by atoms with Gasteiger partial charge >= 0.3 is 0 Å². The summed E-state index contributed by atoms with van der Waals surface area (Å²) in [7, 11) is 0. The first-order valence-corrected chi connectivity index (χ1v) is 10.2. The van der Waals surface area contributed by atoms with Gasteiger partial charge in [-0.25, -0.2) is 9.97 Å². The summed E-state index contributed by atoms with van der Waals surface area (Å²) in [5, 5.41) is 0. The van der Waals surface area contributed by atoms with E-state index in [1.165, 1.54) is 19.3 Å². The van der Waals surface area contributed by atoms with Crippen molar-refractivity contribution in [2.24, 2.45) is 5.92 Å². The van der Waals surface area contributed by atoms with Gasteiger partial charge in [0, 0.05) is 49.1 Å². The lowest BCUT2D eigenvalue weighted by atomic mass is 9.86. The number of rotatable bonds is 3. The Labute approximate surface area is 161 Å². The Morgan fingerprint density at radius 1 is 1.04 bits per heavy atom. The Bertz CT molecular complexity index is 778. The topological polar surface area (TPSA) is 59.0 Å². The van der Waals surface area contributed by atoms with E-state index in [0.29, 0.717) is 11.8 Å². The van der Waals surface area contributed by atoms with Gasteiger partial charge in [-0.1, -0.05) is 19.3 Å². The van der Waals surface area contributed by atoms with Crippen molar-refractivity contribution in [1.82, 2.24) is 19.9 Å². The van der Waals surface area contributed by atoms with Gasteiger partial charge in [0.25, 0.3) is 0 Å². The van der Waals surface area contributed by atoms with Crippen LogP contribution in [-0.4, -0.2) is 38.8 Å². The highest BCUT2D eigenvalue weighted by Gasteiger charge is 2.31. The van der Waals surface area contributed by atoms with Gasteiger partial charge in [-0.2, -0.15) is 0 Å². The van der Waals surface area contributed by atoms with Gasteiger partial charge in [-0.15, -0.1) is 0 Å². The van der Waals surface area contributed by atoms with Crippen LogP contribution < -0.4 is 0 Å². The van der Waals surface area contributed by atoms with Crippen molar-refractivity contribution < 1.29 is 4.79 Å². The van der Waals surface area contributed by atoms with E-state index in [0.717, 1.165) is 61.4 Å². The zero-order chi connectivity index (χ0) is 18.6. The van der Waals surface area contributed by atoms with Crippen molar-refractivity contribution in [2.75, 3.05) is 13.1 Å². The molecular formula is C22H28N4O. The van der Waals surface area contributed by atoms with Crippen molar-refractivity contribution in [3.63, 3.8) is 0 Å². The largest absolute Gasteiger partial charge is 0.342 e. The third kappa shape index (κ3) is 4.02. The smallest absolute Gasteiger partial charge is 0.225 e. The standard InChI is InChI=1S/C22H28N4O/c1-16-24-15-20(17-7-11-23-12-8-17)21(25-16)18-9-13-26(14-10-18)22(27)19-5-3-2-4-6-19/h7-8,11-12,15,18-19H,2-6,9-10,13-14H2,1H3. The molecule has 2 aromatic heterocycles. The molecule has 2 fully saturated rings. The van der Waals surface area contributed by atoms with Crippen LogP contribution in [0.3, 0.4) is 0 Å². The maximum Gasteiger partial charge on any atom is 0.225 e. The average molecular weight is 364 g/mol. The highest BCUT2D eigenvalue weighted by atomic mass is 16.2. The van der Waals surface area contributed by atoms with Crippen LogP contribution in [0.1, 0.15) is 62.4 Å². The van der Waals surface area contributed by atoms with Gasteiger partial charge < -0.3 is 4.90 Å². The summed E-state index contributed by atoms with van der Waals surface area (Å²) in [6, 6.07) is 4.03. The second-order valence-electron chi connectivity index (χ2n) is 7.89. The lowest BCUT2D eigenvalue weighted by Crippen LogP contribution is -2.42. The van der Waals surface area contributed by atoms with E-state index in [1.807, 2.05) is 37.6 Å². The van der Waals surface area contributed by atoms with Crippen LogP contribution in [0, 0.1) is 12.8 Å². The van der Waals surface area contributed by atoms with Gasteiger partial charge in [0.15, 0.2) is 0 Å². The first-order valence-electron chi connectivity index (χ1n) is 10.2. The van der Waals surface area contributed by atoms with E-state index in [9.17, 15) is 4.79 Å². The summed E-state index contributed by atoms with van der Waals surface area (Å²) in [4.78, 5) is 28.3. The molecule has 2 aromatic rings. The second-order valence-corrected chi connectivity index (χ2v) is 7.89. The molecule has 4 rings (SSSR count). The molecule has 1 amide bonds. The van der Waals surface area contributed by atoms with E-state index in [-0.39, 0.29) is 5.92 Å². The highest BCUT2D eigenvalue weighted by Crippen LogP contribution is 2.35. The van der Waals surface area contributed by atoms with Gasteiger partial charge in [0.2, 0.25) is 5.91 Å². The molecule has 1 saturated carbocycles. The van der Waals surface area contributed by atoms with Crippen LogP contribution in [0.4, 0.5) is 0 Å². The van der Waals surface area contributed by atoms with Gasteiger partial charge in [0.05, 0.1) is 5.69 Å². The van der Waals surface area contributed by atoms with Crippen LogP contribution in [0.25, 0.3) is 11.1 Å². The van der Waals surface area contributed by atoms with E-state index >= 15 is 0 Å². The van der Waals surface area contributed by atoms with Crippen molar-refractivity contribution in [1.29, 1.82) is 0 Å². The number of piperidine rings is 1. The lowest BCUT2D eigenvalue weighted by molar-refractivity contribution is -0.137. The molecule has 2 aliphatic rings. The van der Waals surface area contributed by atoms with E-state index in [2.05, 4.69) is 14.9 Å². The van der Waals surface area contributed by atoms with Crippen molar-refractivity contribution >= 4 is 5.91 Å². The molecule has 5 heteroatoms. The van der Waals surface area contributed by atoms with E-state index in [1.54, 1.807) is 0 Å². The van der Waals surface area contributed by atoms with Gasteiger partial charge in [-0.05, 0) is 50.3 Å². The Morgan fingerprint density at radius 2 is 1.74 bits per heavy atom. The summed E-state index contributed by atoms with van der Waals surface area (Å²) in [6.45, 7) is 3.64. The van der Waals surface area contributed by atoms with Crippen LogP contribution in [-0.2, 0) is 4.79 Å². The highest BCUT2D eigenvalue weighted by molar-refractivity contribution is 5.79. The minimum Gasteiger partial charge on any atom is -0.342 e. The number of carbonyl (C=O) groups is 1. The molecule has 0 atom stereocenters. The SMILES string of the molecule is Cc1ncc(-c2ccncc2)c(C2CCN(C(=O)C3CCCCC3)CC2)n1. The predicted molar refractivity (Wildman–Crippen MR) is 105 cm³/mol. The Balaban J connectivity index is 1.48. The number of hydrogen-bond acceptors (Lipinski definition) is 4. The van der Waals surface area contributed by atoms with Crippen LogP contribution >= 0.6 is 0 Å². The maximum absolute atomic E-state index is 12.8. The fourth-order valence-corrected chi connectivity index (χ4v) is 4.53. The van der Waals surface area contributed by atoms with E-state index in [4.69, 9.17) is 4.98 Å². The van der Waals surface area contributed by atoms with Crippen LogP contribution in [0.5, 0.6) is 0 Å². The minimum atomic E-state index is 0.268. The zero-order valence-electron chi connectivity index (χ0n) is 16.1. The summed E-state index contributed by atoms with van der Waals surface area (Å²) in [6.07, 6.45) is 13.4. The minimum absolute atomic E-state index is 0.268. The Morgan fingerprint density at radius 3 is 2.44 bits per heavy atom. The number of pyridine rings is 1. The molecule has 0 radical (unpaired) electrons. The first kappa shape index (κ1) is 18.1. The normalized spacial score (nSPS) is 19.2. The molecule has 0 bridgehead atoms. The molecule has 0 spiro atoms. The Hall–Kier alpha value is -2.30. The van der Waals surface area contributed by atoms with Gasteiger partial charge in [0.1, 0.15) is 5.82 Å². The fourth-order valence-electron chi connectivity index (χ4n) is 4.53. The third-order valence-corrected chi connectivity index (χ3v) is 6.08. The Kier molecular flexibility index (Phi) is 5.46. The number of aryl methyl sites for hydroxylation is 1. The molecule has 0 unspecified atom stereocenters. The number of amides is 1. The molecule has 142 valence electrons. The van der Waals surface area contributed by atoms with Crippen molar-refractivity contribution in [2.45, 2.75) is 57.8 Å². The quantitative estimate of drug-likeness (QED) is 0.821. The summed E-state index contributed by atoms with van der Waals surface area (Å²) < 4.78 is 0. The predicted octanol–water partition coefficient (Wildman–Crippen LogP) is 4.13. The maximum atomic E-state index is 12.8. The second kappa shape index (κ2) is 8.15. The lowest BCUT2D eigenvalue weighted by Gasteiger charge is -2.35. The number of nitrogens with zero attached hydrogens (tertiary/aromatic N) is 4. The molecule has 0 N–H and O–H groups in total. The molecule has 1 aliphatic carbocycles. The number of aromatic nitrogens is 3. The molecule has 1 saturated heterocycles. The summed E-state index contributed by atoms with van der Waals surface area (Å²) >= 11 is 0. The molecule has 3 heterocycles. The molecule has 5 nitrogen and oxygen atoms in total. The fraction of sp³-hybridized carbons (Fsp3) is 0.545. The van der Waals surface area contributed by atoms with E-state index < -0.39 is 0 Å². The summed E-state index contributed by atoms with van der Waals surface area (Å²) in [5.74, 6) is 1.85.